The third kappa shape index (κ3) is 3.21. The Kier molecular flexibility index (Phi) is 4.69. The largest absolute Gasteiger partial charge is 0.368 e. The van der Waals surface area contributed by atoms with Crippen molar-refractivity contribution in [2.24, 2.45) is 5.73 Å². The van der Waals surface area contributed by atoms with Crippen LogP contribution in [0.4, 0.5) is 4.79 Å². The van der Waals surface area contributed by atoms with E-state index in [2.05, 4.69) is 12.2 Å². The second-order valence-corrected chi connectivity index (χ2v) is 4.93. The van der Waals surface area contributed by atoms with Gasteiger partial charge in [-0.15, -0.1) is 0 Å². The van der Waals surface area contributed by atoms with Crippen LogP contribution in [0.2, 0.25) is 0 Å². The first kappa shape index (κ1) is 14.5. The predicted molar refractivity (Wildman–Crippen MR) is 66.6 cm³/mol. The lowest BCUT2D eigenvalue weighted by atomic mass is 9.94. The highest BCUT2D eigenvalue weighted by Crippen LogP contribution is 2.23. The lowest BCUT2D eigenvalue weighted by Crippen LogP contribution is -2.44. The van der Waals surface area contributed by atoms with Gasteiger partial charge in [-0.05, 0) is 13.3 Å². The molecule has 4 amide bonds. The summed E-state index contributed by atoms with van der Waals surface area (Å²) in [6, 6.07) is -0.531. The van der Waals surface area contributed by atoms with Crippen molar-refractivity contribution in [3.05, 3.63) is 0 Å². The van der Waals surface area contributed by atoms with E-state index in [1.807, 2.05) is 0 Å². The molecule has 18 heavy (non-hydrogen) atoms. The van der Waals surface area contributed by atoms with Crippen molar-refractivity contribution in [3.8, 4) is 0 Å². The third-order valence-corrected chi connectivity index (χ3v) is 3.19. The summed E-state index contributed by atoms with van der Waals surface area (Å²) >= 11 is 0. The fourth-order valence-corrected chi connectivity index (χ4v) is 2.12. The van der Waals surface area contributed by atoms with Crippen LogP contribution in [0.25, 0.3) is 0 Å². The first-order valence-electron chi connectivity index (χ1n) is 6.33. The smallest absolute Gasteiger partial charge is 0.325 e. The van der Waals surface area contributed by atoms with E-state index >= 15 is 0 Å². The van der Waals surface area contributed by atoms with Crippen LogP contribution in [0.5, 0.6) is 0 Å². The number of imide groups is 1. The number of nitrogens with one attached hydrogen (secondary N) is 1. The average molecular weight is 255 g/mol. The van der Waals surface area contributed by atoms with Gasteiger partial charge in [0.1, 0.15) is 12.1 Å². The average Bonchev–Trinajstić information content (AvgIpc) is 2.49. The number of hydrogen-bond donors (Lipinski definition) is 2. The van der Waals surface area contributed by atoms with Gasteiger partial charge < -0.3 is 11.1 Å². The standard InChI is InChI=1S/C12H21N3O3/c1-3-4-5-6-7-12(2)10(17)15(8-9(13)16)11(18)14-12/h3-8H2,1-2H3,(H2,13,16)(H,14,18)/t12-/m1/s1. The van der Waals surface area contributed by atoms with Gasteiger partial charge in [0.05, 0.1) is 0 Å². The van der Waals surface area contributed by atoms with Crippen LogP contribution < -0.4 is 11.1 Å². The summed E-state index contributed by atoms with van der Waals surface area (Å²) in [4.78, 5) is 35.4. The van der Waals surface area contributed by atoms with Gasteiger partial charge in [0.2, 0.25) is 5.91 Å². The molecule has 1 fully saturated rings. The molecule has 1 aliphatic heterocycles. The van der Waals surface area contributed by atoms with E-state index < -0.39 is 17.5 Å². The summed E-state index contributed by atoms with van der Waals surface area (Å²) < 4.78 is 0. The Balaban J connectivity index is 2.59. The lowest BCUT2D eigenvalue weighted by Gasteiger charge is -2.21. The molecule has 3 N–H and O–H groups in total. The molecule has 6 heteroatoms. The molecular formula is C12H21N3O3. The molecule has 0 unspecified atom stereocenters. The van der Waals surface area contributed by atoms with Crippen molar-refractivity contribution < 1.29 is 14.4 Å². The molecule has 1 aliphatic rings. The van der Waals surface area contributed by atoms with Crippen molar-refractivity contribution in [2.45, 2.75) is 51.5 Å². The Morgan fingerprint density at radius 2 is 2.00 bits per heavy atom. The number of primary amides is 1. The summed E-state index contributed by atoms with van der Waals surface area (Å²) in [7, 11) is 0. The molecule has 0 saturated carbocycles. The zero-order valence-electron chi connectivity index (χ0n) is 11.0. The number of unbranched alkanes of at least 4 members (excludes halogenated alkanes) is 3. The highest BCUT2D eigenvalue weighted by molar-refractivity contribution is 6.08. The maximum absolute atomic E-state index is 12.1. The predicted octanol–water partition coefficient (Wildman–Crippen LogP) is 0.753. The molecule has 0 aliphatic carbocycles. The summed E-state index contributed by atoms with van der Waals surface area (Å²) in [5, 5.41) is 2.64. The molecule has 1 rings (SSSR count). The number of carbonyl (C=O) groups is 3. The van der Waals surface area contributed by atoms with Crippen molar-refractivity contribution in [2.75, 3.05) is 6.54 Å². The zero-order valence-corrected chi connectivity index (χ0v) is 11.0. The van der Waals surface area contributed by atoms with E-state index in [4.69, 9.17) is 5.73 Å². The molecule has 6 nitrogen and oxygen atoms in total. The Hall–Kier alpha value is -1.59. The van der Waals surface area contributed by atoms with E-state index in [0.29, 0.717) is 6.42 Å². The maximum Gasteiger partial charge on any atom is 0.325 e. The second-order valence-electron chi connectivity index (χ2n) is 4.93. The summed E-state index contributed by atoms with van der Waals surface area (Å²) in [5.41, 5.74) is 4.12. The number of carbonyl (C=O) groups excluding carboxylic acids is 3. The molecule has 0 aromatic heterocycles. The van der Waals surface area contributed by atoms with E-state index in [0.717, 1.165) is 30.6 Å². The van der Waals surface area contributed by atoms with Gasteiger partial charge >= 0.3 is 6.03 Å². The number of rotatable bonds is 7. The van der Waals surface area contributed by atoms with E-state index in [9.17, 15) is 14.4 Å². The maximum atomic E-state index is 12.1. The lowest BCUT2D eigenvalue weighted by molar-refractivity contribution is -0.134. The fourth-order valence-electron chi connectivity index (χ4n) is 2.12. The van der Waals surface area contributed by atoms with Crippen molar-refractivity contribution in [1.29, 1.82) is 0 Å². The van der Waals surface area contributed by atoms with Crippen molar-refractivity contribution in [1.82, 2.24) is 10.2 Å². The number of nitrogens with two attached hydrogens (primary N) is 1. The fraction of sp³-hybridized carbons (Fsp3) is 0.750. The van der Waals surface area contributed by atoms with Crippen LogP contribution in [-0.4, -0.2) is 34.8 Å². The Morgan fingerprint density at radius 3 is 2.56 bits per heavy atom. The SMILES string of the molecule is CCCCCC[C@@]1(C)NC(=O)N(CC(N)=O)C1=O. The summed E-state index contributed by atoms with van der Waals surface area (Å²) in [6.07, 6.45) is 4.73. The quantitative estimate of drug-likeness (QED) is 0.519. The minimum atomic E-state index is -0.889. The molecule has 0 radical (unpaired) electrons. The van der Waals surface area contributed by atoms with E-state index in [1.165, 1.54) is 0 Å². The van der Waals surface area contributed by atoms with Crippen LogP contribution in [0.3, 0.4) is 0 Å². The zero-order chi connectivity index (χ0) is 13.8. The monoisotopic (exact) mass is 255 g/mol. The van der Waals surface area contributed by atoms with Gasteiger partial charge in [0.25, 0.3) is 5.91 Å². The Labute approximate surface area is 107 Å². The number of urea groups is 1. The minimum Gasteiger partial charge on any atom is -0.368 e. The Morgan fingerprint density at radius 1 is 1.33 bits per heavy atom. The van der Waals surface area contributed by atoms with E-state index in [-0.39, 0.29) is 12.5 Å². The van der Waals surface area contributed by atoms with Crippen LogP contribution in [0.15, 0.2) is 0 Å². The highest BCUT2D eigenvalue weighted by atomic mass is 16.2. The van der Waals surface area contributed by atoms with Crippen LogP contribution in [0.1, 0.15) is 46.0 Å². The van der Waals surface area contributed by atoms with Crippen molar-refractivity contribution in [3.63, 3.8) is 0 Å². The minimum absolute atomic E-state index is 0.352. The number of hydrogen-bond acceptors (Lipinski definition) is 3. The normalized spacial score (nSPS) is 23.3. The molecule has 1 atom stereocenters. The van der Waals surface area contributed by atoms with E-state index in [1.54, 1.807) is 6.92 Å². The van der Waals surface area contributed by atoms with Gasteiger partial charge in [-0.1, -0.05) is 32.6 Å². The molecule has 1 saturated heterocycles. The molecule has 1 heterocycles. The third-order valence-electron chi connectivity index (χ3n) is 3.19. The van der Waals surface area contributed by atoms with Gasteiger partial charge in [-0.3, -0.25) is 14.5 Å². The highest BCUT2D eigenvalue weighted by Gasteiger charge is 2.47. The molecule has 102 valence electrons. The van der Waals surface area contributed by atoms with Crippen molar-refractivity contribution >= 4 is 17.8 Å². The summed E-state index contributed by atoms with van der Waals surface area (Å²) in [5.74, 6) is -1.04. The van der Waals surface area contributed by atoms with Gasteiger partial charge in [0.15, 0.2) is 0 Å². The number of amides is 4. The van der Waals surface area contributed by atoms with Gasteiger partial charge in [-0.2, -0.15) is 0 Å². The second kappa shape index (κ2) is 5.84. The molecule has 0 aromatic rings. The van der Waals surface area contributed by atoms with Crippen LogP contribution in [0, 0.1) is 0 Å². The molecular weight excluding hydrogens is 234 g/mol. The molecule has 0 spiro atoms. The molecule has 0 bridgehead atoms. The van der Waals surface area contributed by atoms with Crippen LogP contribution in [-0.2, 0) is 9.59 Å². The number of nitrogens with zero attached hydrogens (tertiary/aromatic N) is 1. The Bertz CT molecular complexity index is 356. The first-order chi connectivity index (χ1) is 8.40. The van der Waals surface area contributed by atoms with Gasteiger partial charge in [-0.25, -0.2) is 4.79 Å². The van der Waals surface area contributed by atoms with Crippen LogP contribution >= 0.6 is 0 Å². The first-order valence-corrected chi connectivity index (χ1v) is 6.33. The topological polar surface area (TPSA) is 92.5 Å². The molecule has 0 aromatic carbocycles. The van der Waals surface area contributed by atoms with Gasteiger partial charge in [0, 0.05) is 0 Å². The summed E-state index contributed by atoms with van der Waals surface area (Å²) in [6.45, 7) is 3.45.